The molecule has 1 heterocycles. The van der Waals surface area contributed by atoms with Gasteiger partial charge in [-0.15, -0.1) is 0 Å². The van der Waals surface area contributed by atoms with Crippen LogP contribution in [-0.4, -0.2) is 55.0 Å². The van der Waals surface area contributed by atoms with E-state index < -0.39 is 12.7 Å². The molecule has 0 aromatic heterocycles. The number of nitrogens with zero attached hydrogens (tertiary/aromatic N) is 1. The molecule has 1 aliphatic rings. The molecule has 2 unspecified atom stereocenters. The number of rotatable bonds is 7. The Morgan fingerprint density at radius 1 is 1.14 bits per heavy atom. The summed E-state index contributed by atoms with van der Waals surface area (Å²) < 4.78 is 43.5. The summed E-state index contributed by atoms with van der Waals surface area (Å²) in [5.41, 5.74) is 0.0337. The maximum atomic E-state index is 12.5. The van der Waals surface area contributed by atoms with Gasteiger partial charge in [0.15, 0.2) is 0 Å². The molecule has 1 rings (SSSR count). The Kier molecular flexibility index (Phi) is 6.94. The van der Waals surface area contributed by atoms with Crippen molar-refractivity contribution in [1.82, 2.24) is 10.2 Å². The Hall–Kier alpha value is -0.330. The lowest BCUT2D eigenvalue weighted by Crippen LogP contribution is -2.42. The topological polar surface area (TPSA) is 24.5 Å². The third-order valence-corrected chi connectivity index (χ3v) is 3.46. The zero-order valence-electron chi connectivity index (χ0n) is 13.6. The summed E-state index contributed by atoms with van der Waals surface area (Å²) in [4.78, 5) is 1.46. The number of alkyl halides is 3. The second-order valence-corrected chi connectivity index (χ2v) is 6.94. The fraction of sp³-hybridized carbons (Fsp3) is 1.00. The average Bonchev–Trinajstić information content (AvgIpc) is 2.71. The minimum Gasteiger partial charge on any atom is -0.372 e. The summed E-state index contributed by atoms with van der Waals surface area (Å²) in [6.45, 7) is 8.92. The van der Waals surface area contributed by atoms with Crippen LogP contribution in [0, 0.1) is 0 Å². The Morgan fingerprint density at radius 2 is 1.76 bits per heavy atom. The van der Waals surface area contributed by atoms with Crippen LogP contribution in [0.1, 0.15) is 47.0 Å². The van der Waals surface area contributed by atoms with Gasteiger partial charge in [0.1, 0.15) is 0 Å². The van der Waals surface area contributed by atoms with Crippen molar-refractivity contribution in [2.45, 2.75) is 70.9 Å². The van der Waals surface area contributed by atoms with Crippen LogP contribution in [0.3, 0.4) is 0 Å². The molecule has 3 nitrogen and oxygen atoms in total. The monoisotopic (exact) mass is 310 g/mol. The number of nitrogens with one attached hydrogen (secondary N) is 1. The highest BCUT2D eigenvalue weighted by Gasteiger charge is 2.33. The first-order valence-electron chi connectivity index (χ1n) is 7.78. The lowest BCUT2D eigenvalue weighted by molar-refractivity contribution is -0.149. The Labute approximate surface area is 126 Å². The molecule has 0 aromatic carbocycles. The molecule has 0 saturated carbocycles. The van der Waals surface area contributed by atoms with Gasteiger partial charge in [0.05, 0.1) is 18.8 Å². The Bertz CT molecular complexity index is 302. The Morgan fingerprint density at radius 3 is 2.29 bits per heavy atom. The molecule has 1 aliphatic heterocycles. The van der Waals surface area contributed by atoms with Crippen molar-refractivity contribution >= 4 is 0 Å². The summed E-state index contributed by atoms with van der Waals surface area (Å²) in [5, 5.41) is 3.38. The quantitative estimate of drug-likeness (QED) is 0.781. The fourth-order valence-corrected chi connectivity index (χ4v) is 2.58. The Balaban J connectivity index is 2.37. The van der Waals surface area contributed by atoms with Gasteiger partial charge in [-0.2, -0.15) is 13.2 Å². The van der Waals surface area contributed by atoms with Gasteiger partial charge in [0.25, 0.3) is 0 Å². The summed E-state index contributed by atoms with van der Waals surface area (Å²) in [6.07, 6.45) is -1.62. The van der Waals surface area contributed by atoms with Crippen molar-refractivity contribution in [2.24, 2.45) is 0 Å². The molecule has 1 saturated heterocycles. The molecule has 0 aromatic rings. The van der Waals surface area contributed by atoms with Gasteiger partial charge in [-0.3, -0.25) is 4.90 Å². The number of hydrogen-bond donors (Lipinski definition) is 1. The third kappa shape index (κ3) is 8.63. The van der Waals surface area contributed by atoms with E-state index in [9.17, 15) is 13.2 Å². The molecule has 2 atom stereocenters. The highest BCUT2D eigenvalue weighted by molar-refractivity contribution is 4.81. The van der Waals surface area contributed by atoms with Crippen molar-refractivity contribution in [3.63, 3.8) is 0 Å². The number of halogens is 3. The van der Waals surface area contributed by atoms with Gasteiger partial charge >= 0.3 is 6.18 Å². The first-order valence-corrected chi connectivity index (χ1v) is 7.78. The van der Waals surface area contributed by atoms with Crippen molar-refractivity contribution in [2.75, 3.05) is 26.2 Å². The van der Waals surface area contributed by atoms with Gasteiger partial charge in [-0.1, -0.05) is 6.92 Å². The standard InChI is InChI=1S/C15H29F3N2O/c1-5-8-20(11-15(16,17)18)10-13-7-6-12(21-13)9-19-14(2,3)4/h12-13,19H,5-11H2,1-4H3. The molecule has 0 bridgehead atoms. The first-order chi connectivity index (χ1) is 9.59. The molecule has 0 aliphatic carbocycles. The van der Waals surface area contributed by atoms with Crippen LogP contribution in [-0.2, 0) is 4.74 Å². The predicted octanol–water partition coefficient (Wildman–Crippen LogP) is 3.20. The molecular weight excluding hydrogens is 281 g/mol. The molecule has 1 fully saturated rings. The van der Waals surface area contributed by atoms with E-state index in [0.29, 0.717) is 13.1 Å². The summed E-state index contributed by atoms with van der Waals surface area (Å²) in [6, 6.07) is 0. The van der Waals surface area contributed by atoms with E-state index >= 15 is 0 Å². The molecule has 1 N–H and O–H groups in total. The first kappa shape index (κ1) is 18.7. The highest BCUT2D eigenvalue weighted by Crippen LogP contribution is 2.23. The fourth-order valence-electron chi connectivity index (χ4n) is 2.58. The van der Waals surface area contributed by atoms with Crippen molar-refractivity contribution < 1.29 is 17.9 Å². The lowest BCUT2D eigenvalue weighted by Gasteiger charge is -2.27. The van der Waals surface area contributed by atoms with Gasteiger partial charge < -0.3 is 10.1 Å². The molecule has 0 spiro atoms. The number of ether oxygens (including phenoxy) is 1. The minimum atomic E-state index is -4.14. The van der Waals surface area contributed by atoms with E-state index in [0.717, 1.165) is 25.8 Å². The zero-order valence-corrected chi connectivity index (χ0v) is 13.6. The van der Waals surface area contributed by atoms with E-state index in [1.54, 1.807) is 0 Å². The van der Waals surface area contributed by atoms with Gasteiger partial charge in [-0.25, -0.2) is 0 Å². The van der Waals surface area contributed by atoms with Crippen LogP contribution in [0.2, 0.25) is 0 Å². The van der Waals surface area contributed by atoms with E-state index in [4.69, 9.17) is 4.74 Å². The highest BCUT2D eigenvalue weighted by atomic mass is 19.4. The minimum absolute atomic E-state index is 0.0337. The normalized spacial score (nSPS) is 24.0. The zero-order chi connectivity index (χ0) is 16.1. The second-order valence-electron chi connectivity index (χ2n) is 6.94. The largest absolute Gasteiger partial charge is 0.401 e. The van der Waals surface area contributed by atoms with E-state index in [1.165, 1.54) is 4.90 Å². The number of hydrogen-bond acceptors (Lipinski definition) is 3. The maximum Gasteiger partial charge on any atom is 0.401 e. The molecule has 21 heavy (non-hydrogen) atoms. The molecular formula is C15H29F3N2O. The summed E-state index contributed by atoms with van der Waals surface area (Å²) >= 11 is 0. The van der Waals surface area contributed by atoms with E-state index in [2.05, 4.69) is 26.1 Å². The predicted molar refractivity (Wildman–Crippen MR) is 78.4 cm³/mol. The van der Waals surface area contributed by atoms with Crippen LogP contribution in [0.4, 0.5) is 13.2 Å². The third-order valence-electron chi connectivity index (χ3n) is 3.46. The van der Waals surface area contributed by atoms with Crippen LogP contribution >= 0.6 is 0 Å². The molecule has 0 radical (unpaired) electrons. The van der Waals surface area contributed by atoms with Crippen LogP contribution in [0.5, 0.6) is 0 Å². The van der Waals surface area contributed by atoms with Crippen molar-refractivity contribution in [1.29, 1.82) is 0 Å². The molecule has 126 valence electrons. The van der Waals surface area contributed by atoms with Gasteiger partial charge in [-0.05, 0) is 46.6 Å². The van der Waals surface area contributed by atoms with Crippen LogP contribution in [0.25, 0.3) is 0 Å². The smallest absolute Gasteiger partial charge is 0.372 e. The van der Waals surface area contributed by atoms with Gasteiger partial charge in [0.2, 0.25) is 0 Å². The maximum absolute atomic E-state index is 12.5. The summed E-state index contributed by atoms with van der Waals surface area (Å²) in [7, 11) is 0. The van der Waals surface area contributed by atoms with Gasteiger partial charge in [0, 0.05) is 18.6 Å². The lowest BCUT2D eigenvalue weighted by atomic mass is 10.1. The van der Waals surface area contributed by atoms with E-state index in [-0.39, 0.29) is 17.7 Å². The van der Waals surface area contributed by atoms with Crippen molar-refractivity contribution in [3.8, 4) is 0 Å². The second kappa shape index (κ2) is 7.79. The average molecular weight is 310 g/mol. The summed E-state index contributed by atoms with van der Waals surface area (Å²) in [5.74, 6) is 0. The van der Waals surface area contributed by atoms with Crippen molar-refractivity contribution in [3.05, 3.63) is 0 Å². The van der Waals surface area contributed by atoms with Crippen LogP contribution < -0.4 is 5.32 Å². The SMILES string of the molecule is CCCN(CC1CCC(CNC(C)(C)C)O1)CC(F)(F)F. The molecule has 6 heteroatoms. The van der Waals surface area contributed by atoms with E-state index in [1.807, 2.05) is 6.92 Å². The van der Waals surface area contributed by atoms with Crippen LogP contribution in [0.15, 0.2) is 0 Å². The molecule has 0 amide bonds.